The Labute approximate surface area is 105 Å². The lowest BCUT2D eigenvalue weighted by atomic mass is 10.2. The third kappa shape index (κ3) is 1.76. The molecule has 0 aromatic carbocycles. The lowest BCUT2D eigenvalue weighted by Crippen LogP contribution is -2.40. The molecular weight excluding hydrogens is 230 g/mol. The molecule has 2 aromatic rings. The summed E-state index contributed by atoms with van der Waals surface area (Å²) >= 11 is 0. The summed E-state index contributed by atoms with van der Waals surface area (Å²) in [6.45, 7) is 2.56. The Balaban J connectivity index is 2.00. The molecule has 0 saturated carbocycles. The van der Waals surface area contributed by atoms with Crippen LogP contribution in [0.3, 0.4) is 0 Å². The number of nitrogens with zero attached hydrogens (tertiary/aromatic N) is 3. The van der Waals surface area contributed by atoms with Gasteiger partial charge >= 0.3 is 0 Å². The van der Waals surface area contributed by atoms with E-state index in [9.17, 15) is 4.79 Å². The van der Waals surface area contributed by atoms with Crippen molar-refractivity contribution < 1.29 is 9.53 Å². The molecule has 0 unspecified atom stereocenters. The molecule has 3 heterocycles. The second-order valence-electron chi connectivity index (χ2n) is 4.43. The molecule has 0 spiro atoms. The molecule has 0 atom stereocenters. The van der Waals surface area contributed by atoms with Crippen molar-refractivity contribution in [1.29, 1.82) is 0 Å². The number of ether oxygens (including phenoxy) is 1. The molecule has 1 saturated heterocycles. The molecule has 1 fully saturated rings. The molecule has 94 valence electrons. The molecule has 0 bridgehead atoms. The maximum absolute atomic E-state index is 12.5. The van der Waals surface area contributed by atoms with Crippen LogP contribution in [0.1, 0.15) is 10.4 Å². The average Bonchev–Trinajstić information content (AvgIpc) is 2.77. The van der Waals surface area contributed by atoms with Gasteiger partial charge in [-0.1, -0.05) is 0 Å². The fourth-order valence-electron chi connectivity index (χ4n) is 2.32. The van der Waals surface area contributed by atoms with Gasteiger partial charge in [0.15, 0.2) is 0 Å². The van der Waals surface area contributed by atoms with E-state index in [4.69, 9.17) is 4.74 Å². The zero-order valence-corrected chi connectivity index (χ0v) is 10.3. The molecule has 1 aliphatic heterocycles. The molecule has 2 aromatic heterocycles. The lowest BCUT2D eigenvalue weighted by Gasteiger charge is -2.26. The molecule has 0 aliphatic carbocycles. The highest BCUT2D eigenvalue weighted by atomic mass is 16.5. The first-order chi connectivity index (χ1) is 8.77. The van der Waals surface area contributed by atoms with Crippen molar-refractivity contribution in [2.45, 2.75) is 0 Å². The number of pyridine rings is 1. The molecule has 1 amide bonds. The van der Waals surface area contributed by atoms with Gasteiger partial charge in [-0.2, -0.15) is 0 Å². The van der Waals surface area contributed by atoms with E-state index in [1.54, 1.807) is 6.20 Å². The zero-order valence-electron chi connectivity index (χ0n) is 10.3. The van der Waals surface area contributed by atoms with Crippen molar-refractivity contribution in [3.8, 4) is 0 Å². The van der Waals surface area contributed by atoms with Gasteiger partial charge in [-0.3, -0.25) is 4.79 Å². The van der Waals surface area contributed by atoms with E-state index < -0.39 is 0 Å². The molecule has 5 heteroatoms. The normalized spacial score (nSPS) is 16.2. The van der Waals surface area contributed by atoms with Gasteiger partial charge in [-0.05, 0) is 12.1 Å². The second kappa shape index (κ2) is 4.42. The second-order valence-corrected chi connectivity index (χ2v) is 4.43. The number of fused-ring (bicyclic) bond motifs is 1. The first kappa shape index (κ1) is 11.2. The van der Waals surface area contributed by atoms with E-state index in [1.165, 1.54) is 0 Å². The van der Waals surface area contributed by atoms with Crippen LogP contribution >= 0.6 is 0 Å². The molecule has 0 radical (unpaired) electrons. The number of carbonyl (C=O) groups excluding carboxylic acids is 1. The summed E-state index contributed by atoms with van der Waals surface area (Å²) < 4.78 is 7.16. The Bertz CT molecular complexity index is 585. The van der Waals surface area contributed by atoms with Crippen LogP contribution in [0.25, 0.3) is 11.0 Å². The number of rotatable bonds is 1. The van der Waals surface area contributed by atoms with E-state index in [0.717, 1.165) is 16.6 Å². The fourth-order valence-corrected chi connectivity index (χ4v) is 2.32. The van der Waals surface area contributed by atoms with Crippen molar-refractivity contribution >= 4 is 16.9 Å². The number of hydrogen-bond donors (Lipinski definition) is 0. The zero-order chi connectivity index (χ0) is 12.5. The van der Waals surface area contributed by atoms with E-state index in [2.05, 4.69) is 4.98 Å². The quantitative estimate of drug-likeness (QED) is 0.754. The Morgan fingerprint density at radius 1 is 1.39 bits per heavy atom. The summed E-state index contributed by atoms with van der Waals surface area (Å²) in [5, 5.41) is 0.913. The van der Waals surface area contributed by atoms with Gasteiger partial charge in [0.2, 0.25) is 0 Å². The molecular formula is C13H15N3O2. The molecule has 3 rings (SSSR count). The smallest absolute Gasteiger partial charge is 0.256 e. The highest BCUT2D eigenvalue weighted by Crippen LogP contribution is 2.20. The van der Waals surface area contributed by atoms with Crippen molar-refractivity contribution in [3.05, 3.63) is 30.1 Å². The van der Waals surface area contributed by atoms with Crippen LogP contribution in [0, 0.1) is 0 Å². The van der Waals surface area contributed by atoms with Crippen LogP contribution in [-0.4, -0.2) is 46.7 Å². The first-order valence-electron chi connectivity index (χ1n) is 6.04. The lowest BCUT2D eigenvalue weighted by molar-refractivity contribution is 0.0304. The number of hydrogen-bond acceptors (Lipinski definition) is 3. The van der Waals surface area contributed by atoms with Gasteiger partial charge in [0.1, 0.15) is 5.65 Å². The number of aromatic nitrogens is 2. The monoisotopic (exact) mass is 245 g/mol. The third-order valence-corrected chi connectivity index (χ3v) is 3.26. The predicted octanol–water partition coefficient (Wildman–Crippen LogP) is 1.05. The van der Waals surface area contributed by atoms with Crippen LogP contribution < -0.4 is 0 Å². The van der Waals surface area contributed by atoms with E-state index >= 15 is 0 Å². The minimum atomic E-state index is 0.0666. The summed E-state index contributed by atoms with van der Waals surface area (Å²) in [5.74, 6) is 0.0666. The summed E-state index contributed by atoms with van der Waals surface area (Å²) in [5.41, 5.74) is 1.57. The van der Waals surface area contributed by atoms with Crippen LogP contribution in [0.15, 0.2) is 24.5 Å². The maximum Gasteiger partial charge on any atom is 0.256 e. The largest absolute Gasteiger partial charge is 0.378 e. The van der Waals surface area contributed by atoms with Crippen LogP contribution in [0.4, 0.5) is 0 Å². The highest BCUT2D eigenvalue weighted by molar-refractivity contribution is 6.06. The van der Waals surface area contributed by atoms with E-state index in [-0.39, 0.29) is 5.91 Å². The molecule has 5 nitrogen and oxygen atoms in total. The Morgan fingerprint density at radius 2 is 2.17 bits per heavy atom. The Morgan fingerprint density at radius 3 is 2.94 bits per heavy atom. The van der Waals surface area contributed by atoms with Gasteiger partial charge in [0.05, 0.1) is 18.8 Å². The molecule has 1 aliphatic rings. The van der Waals surface area contributed by atoms with Crippen LogP contribution in [0.5, 0.6) is 0 Å². The van der Waals surface area contributed by atoms with Gasteiger partial charge in [0.25, 0.3) is 5.91 Å². The Kier molecular flexibility index (Phi) is 2.76. The standard InChI is InChI=1S/C13H15N3O2/c1-15-9-11(10-3-2-4-14-12(10)15)13(17)16-5-7-18-8-6-16/h2-4,9H,5-8H2,1H3. The molecule has 0 N–H and O–H groups in total. The maximum atomic E-state index is 12.5. The Hall–Kier alpha value is -1.88. The minimum Gasteiger partial charge on any atom is -0.378 e. The van der Waals surface area contributed by atoms with Gasteiger partial charge < -0.3 is 14.2 Å². The number of morpholine rings is 1. The number of carbonyl (C=O) groups is 1. The fraction of sp³-hybridized carbons (Fsp3) is 0.385. The average molecular weight is 245 g/mol. The SMILES string of the molecule is Cn1cc(C(=O)N2CCOCC2)c2cccnc21. The number of amides is 1. The van der Waals surface area contributed by atoms with Crippen molar-refractivity contribution in [2.24, 2.45) is 7.05 Å². The number of aryl methyl sites for hydroxylation is 1. The highest BCUT2D eigenvalue weighted by Gasteiger charge is 2.22. The van der Waals surface area contributed by atoms with Crippen LogP contribution in [-0.2, 0) is 11.8 Å². The summed E-state index contributed by atoms with van der Waals surface area (Å²) in [6.07, 6.45) is 3.60. The summed E-state index contributed by atoms with van der Waals surface area (Å²) in [7, 11) is 1.91. The van der Waals surface area contributed by atoms with Crippen LogP contribution in [0.2, 0.25) is 0 Å². The van der Waals surface area contributed by atoms with Crippen molar-refractivity contribution in [2.75, 3.05) is 26.3 Å². The van der Waals surface area contributed by atoms with Gasteiger partial charge in [-0.15, -0.1) is 0 Å². The first-order valence-corrected chi connectivity index (χ1v) is 6.04. The molecule has 18 heavy (non-hydrogen) atoms. The predicted molar refractivity (Wildman–Crippen MR) is 67.4 cm³/mol. The van der Waals surface area contributed by atoms with Crippen molar-refractivity contribution in [1.82, 2.24) is 14.5 Å². The van der Waals surface area contributed by atoms with E-state index in [0.29, 0.717) is 26.3 Å². The van der Waals surface area contributed by atoms with Gasteiger partial charge in [0, 0.05) is 37.9 Å². The summed E-state index contributed by atoms with van der Waals surface area (Å²) in [4.78, 5) is 18.6. The third-order valence-electron chi connectivity index (χ3n) is 3.26. The van der Waals surface area contributed by atoms with Gasteiger partial charge in [-0.25, -0.2) is 4.98 Å². The topological polar surface area (TPSA) is 47.4 Å². The summed E-state index contributed by atoms with van der Waals surface area (Å²) in [6, 6.07) is 3.80. The van der Waals surface area contributed by atoms with E-state index in [1.807, 2.05) is 34.8 Å². The minimum absolute atomic E-state index is 0.0666. The van der Waals surface area contributed by atoms with Crippen molar-refractivity contribution in [3.63, 3.8) is 0 Å².